The van der Waals surface area contributed by atoms with Crippen LogP contribution in [0.1, 0.15) is 55.7 Å². The van der Waals surface area contributed by atoms with Crippen LogP contribution in [0.3, 0.4) is 0 Å². The van der Waals surface area contributed by atoms with Crippen LogP contribution in [-0.4, -0.2) is 48.8 Å². The number of benzene rings is 2. The molecule has 0 saturated carbocycles. The number of aliphatic hydroxyl groups is 1. The first-order chi connectivity index (χ1) is 18.9. The number of hydrogen-bond donors (Lipinski definition) is 4. The highest BCUT2D eigenvalue weighted by Gasteiger charge is 2.26. The van der Waals surface area contributed by atoms with Crippen LogP contribution < -0.4 is 20.7 Å². The van der Waals surface area contributed by atoms with Crippen LogP contribution in [0.2, 0.25) is 0 Å². The smallest absolute Gasteiger partial charge is 0.224 e. The highest BCUT2D eigenvalue weighted by molar-refractivity contribution is 5.81. The van der Waals surface area contributed by atoms with Gasteiger partial charge in [-0.25, -0.2) is 4.39 Å². The van der Waals surface area contributed by atoms with Crippen molar-refractivity contribution in [2.45, 2.75) is 70.6 Å². The minimum absolute atomic E-state index is 0.142. The van der Waals surface area contributed by atoms with E-state index in [1.807, 2.05) is 12.1 Å². The van der Waals surface area contributed by atoms with E-state index in [-0.39, 0.29) is 37.6 Å². The molecular weight excluding hydrogens is 497 g/mol. The van der Waals surface area contributed by atoms with Gasteiger partial charge < -0.3 is 25.8 Å². The van der Waals surface area contributed by atoms with Crippen molar-refractivity contribution in [2.75, 3.05) is 19.7 Å². The molecule has 1 aliphatic heterocycles. The molecule has 2 bridgehead atoms. The van der Waals surface area contributed by atoms with E-state index in [0.29, 0.717) is 50.3 Å². The molecule has 2 aromatic rings. The lowest BCUT2D eigenvalue weighted by Gasteiger charge is -2.27. The Morgan fingerprint density at radius 3 is 2.82 bits per heavy atom. The molecule has 0 aromatic heterocycles. The normalized spacial score (nSPS) is 20.1. The van der Waals surface area contributed by atoms with E-state index in [0.717, 1.165) is 12.0 Å². The average molecular weight is 538 g/mol. The number of fused-ring (bicyclic) bond motifs is 2. The molecule has 3 atom stereocenters. The van der Waals surface area contributed by atoms with Crippen molar-refractivity contribution in [1.82, 2.24) is 16.0 Å². The summed E-state index contributed by atoms with van der Waals surface area (Å²) in [4.78, 5) is 25.5. The third-order valence-electron chi connectivity index (χ3n) is 6.88. The summed E-state index contributed by atoms with van der Waals surface area (Å²) < 4.78 is 20.2. The quantitative estimate of drug-likeness (QED) is 0.407. The second-order valence-electron chi connectivity index (χ2n) is 10.0. The summed E-state index contributed by atoms with van der Waals surface area (Å²) >= 11 is 0. The van der Waals surface area contributed by atoms with Crippen LogP contribution in [0.25, 0.3) is 0 Å². The van der Waals surface area contributed by atoms with E-state index in [9.17, 15) is 19.1 Å². The predicted octanol–water partition coefficient (Wildman–Crippen LogP) is 3.27. The summed E-state index contributed by atoms with van der Waals surface area (Å²) in [6.07, 6.45) is 7.74. The molecule has 1 aliphatic rings. The molecule has 0 saturated heterocycles. The van der Waals surface area contributed by atoms with Gasteiger partial charge >= 0.3 is 0 Å². The van der Waals surface area contributed by atoms with Crippen LogP contribution in [0.5, 0.6) is 5.75 Å². The number of ether oxygens (including phenoxy) is 1. The fourth-order valence-electron chi connectivity index (χ4n) is 4.63. The molecule has 1 heterocycles. The number of aryl methyl sites for hydroxylation is 1. The van der Waals surface area contributed by atoms with Crippen molar-refractivity contribution < 1.29 is 23.8 Å². The van der Waals surface area contributed by atoms with Crippen LogP contribution >= 0.6 is 0 Å². The lowest BCUT2D eigenvalue weighted by molar-refractivity contribution is -0.127. The van der Waals surface area contributed by atoms with Crippen molar-refractivity contribution >= 4 is 11.8 Å². The van der Waals surface area contributed by atoms with Gasteiger partial charge in [-0.2, -0.15) is 0 Å². The molecule has 4 N–H and O–H groups in total. The Hall–Kier alpha value is -3.41. The van der Waals surface area contributed by atoms with Crippen molar-refractivity contribution in [3.63, 3.8) is 0 Å². The van der Waals surface area contributed by atoms with Crippen molar-refractivity contribution in [1.29, 1.82) is 0 Å². The lowest BCUT2D eigenvalue weighted by atomic mass is 9.95. The van der Waals surface area contributed by atoms with Gasteiger partial charge in [-0.15, -0.1) is 12.3 Å². The van der Waals surface area contributed by atoms with Gasteiger partial charge in [0.1, 0.15) is 11.6 Å². The topological polar surface area (TPSA) is 99.7 Å². The maximum atomic E-state index is 14.4. The summed E-state index contributed by atoms with van der Waals surface area (Å²) in [7, 11) is 0. The minimum atomic E-state index is -0.965. The molecule has 0 spiro atoms. The number of rotatable bonds is 7. The van der Waals surface area contributed by atoms with Gasteiger partial charge in [-0.3, -0.25) is 9.59 Å². The first-order valence-corrected chi connectivity index (χ1v) is 13.8. The Balaban J connectivity index is 1.78. The first kappa shape index (κ1) is 30.1. The Morgan fingerprint density at radius 1 is 1.21 bits per heavy atom. The second-order valence-corrected chi connectivity index (χ2v) is 10.0. The van der Waals surface area contributed by atoms with Crippen molar-refractivity contribution in [2.24, 2.45) is 5.92 Å². The Morgan fingerprint density at radius 2 is 2.03 bits per heavy atom. The standard InChI is InChI=1S/C31H40FN3O4/c1-3-8-25-11-12-30(37)34-13-5-6-14-39-27-17-24(16-26(32)19-27)18-28(35-31(25)38)29(36)21-33-20-23-10-7-9-22(4-2)15-23/h1,7,9-10,15-17,19,25,28-29,33,36H,4-6,8,11-14,18,20-21H2,2H3,(H,34,37)(H,35,38). The van der Waals surface area contributed by atoms with Crippen LogP contribution in [0, 0.1) is 24.1 Å². The lowest BCUT2D eigenvalue weighted by Crippen LogP contribution is -2.50. The van der Waals surface area contributed by atoms with Gasteiger partial charge in [0.05, 0.1) is 18.8 Å². The summed E-state index contributed by atoms with van der Waals surface area (Å²) in [6, 6.07) is 11.9. The molecule has 39 heavy (non-hydrogen) atoms. The first-order valence-electron chi connectivity index (χ1n) is 13.8. The van der Waals surface area contributed by atoms with Gasteiger partial charge in [-0.05, 0) is 60.9 Å². The molecule has 8 heteroatoms. The van der Waals surface area contributed by atoms with Crippen molar-refractivity contribution in [3.8, 4) is 18.1 Å². The average Bonchev–Trinajstić information content (AvgIpc) is 2.91. The van der Waals surface area contributed by atoms with Crippen molar-refractivity contribution in [3.05, 3.63) is 65.0 Å². The zero-order valence-electron chi connectivity index (χ0n) is 22.7. The van der Waals surface area contributed by atoms with Crippen LogP contribution in [0.4, 0.5) is 4.39 Å². The Labute approximate surface area is 230 Å². The molecule has 3 rings (SSSR count). The van der Waals surface area contributed by atoms with Gasteiger partial charge in [0.2, 0.25) is 11.8 Å². The highest BCUT2D eigenvalue weighted by Crippen LogP contribution is 2.20. The third-order valence-corrected chi connectivity index (χ3v) is 6.88. The van der Waals surface area contributed by atoms with Gasteiger partial charge in [-0.1, -0.05) is 31.2 Å². The van der Waals surface area contributed by atoms with E-state index in [1.54, 1.807) is 6.07 Å². The van der Waals surface area contributed by atoms with Gasteiger partial charge in [0, 0.05) is 44.5 Å². The number of carbonyl (C=O) groups is 2. The molecule has 0 aliphatic carbocycles. The maximum absolute atomic E-state index is 14.4. The minimum Gasteiger partial charge on any atom is -0.493 e. The van der Waals surface area contributed by atoms with Crippen LogP contribution in [-0.2, 0) is 29.0 Å². The SMILES string of the molecule is C#CCC1CCC(=O)NCCCCOc2cc(F)cc(c2)CC(C(O)CNCc2cccc(CC)c2)NC1=O. The molecule has 3 unspecified atom stereocenters. The number of hydrogen-bond acceptors (Lipinski definition) is 5. The highest BCUT2D eigenvalue weighted by atomic mass is 19.1. The zero-order chi connectivity index (χ0) is 28.0. The molecule has 2 amide bonds. The van der Waals surface area contributed by atoms with Gasteiger partial charge in [0.25, 0.3) is 0 Å². The van der Waals surface area contributed by atoms with E-state index in [1.165, 1.54) is 17.7 Å². The molecule has 2 aromatic carbocycles. The molecular formula is C31H40FN3O4. The van der Waals surface area contributed by atoms with Gasteiger partial charge in [0.15, 0.2) is 0 Å². The molecule has 7 nitrogen and oxygen atoms in total. The van der Waals surface area contributed by atoms with Crippen LogP contribution in [0.15, 0.2) is 42.5 Å². The summed E-state index contributed by atoms with van der Waals surface area (Å²) in [6.45, 7) is 3.74. The number of terminal acetylenes is 1. The number of carbonyl (C=O) groups excluding carboxylic acids is 2. The zero-order valence-corrected chi connectivity index (χ0v) is 22.7. The molecule has 0 radical (unpaired) electrons. The predicted molar refractivity (Wildman–Crippen MR) is 149 cm³/mol. The van der Waals surface area contributed by atoms with E-state index < -0.39 is 23.9 Å². The maximum Gasteiger partial charge on any atom is 0.224 e. The molecule has 210 valence electrons. The van der Waals surface area contributed by atoms with E-state index in [4.69, 9.17) is 11.2 Å². The fourth-order valence-corrected chi connectivity index (χ4v) is 4.63. The number of amides is 2. The van der Waals surface area contributed by atoms with E-state index >= 15 is 0 Å². The third kappa shape index (κ3) is 10.3. The number of halogens is 1. The number of nitrogens with one attached hydrogen (secondary N) is 3. The summed E-state index contributed by atoms with van der Waals surface area (Å²) in [5, 5.41) is 20.2. The fraction of sp³-hybridized carbons (Fsp3) is 0.484. The second kappa shape index (κ2) is 15.9. The monoisotopic (exact) mass is 537 g/mol. The number of aliphatic hydroxyl groups excluding tert-OH is 1. The Kier molecular flexibility index (Phi) is 12.3. The van der Waals surface area contributed by atoms with E-state index in [2.05, 4.69) is 40.9 Å². The summed E-state index contributed by atoms with van der Waals surface area (Å²) in [5.74, 6) is 1.40. The Bertz CT molecular complexity index is 1130. The summed E-state index contributed by atoms with van der Waals surface area (Å²) in [5.41, 5.74) is 2.92. The molecule has 0 fully saturated rings. The largest absolute Gasteiger partial charge is 0.493 e.